The van der Waals surface area contributed by atoms with Crippen LogP contribution in [-0.2, 0) is 9.47 Å². The zero-order valence-corrected chi connectivity index (χ0v) is 11.5. The second kappa shape index (κ2) is 6.69. The lowest BCUT2D eigenvalue weighted by Gasteiger charge is -2.52. The molecule has 0 saturated heterocycles. The first-order valence-corrected chi connectivity index (χ1v) is 6.54. The summed E-state index contributed by atoms with van der Waals surface area (Å²) in [5, 5.41) is 13.0. The summed E-state index contributed by atoms with van der Waals surface area (Å²) < 4.78 is 10.6. The van der Waals surface area contributed by atoms with Crippen molar-refractivity contribution in [3.05, 3.63) is 0 Å². The molecule has 102 valence electrons. The van der Waals surface area contributed by atoms with Crippen molar-refractivity contribution < 1.29 is 14.6 Å². The van der Waals surface area contributed by atoms with Gasteiger partial charge in [-0.05, 0) is 26.3 Å². The summed E-state index contributed by atoms with van der Waals surface area (Å²) in [6.45, 7) is 8.54. The zero-order valence-electron chi connectivity index (χ0n) is 11.5. The van der Waals surface area contributed by atoms with Gasteiger partial charge < -0.3 is 19.9 Å². The maximum absolute atomic E-state index is 9.53. The summed E-state index contributed by atoms with van der Waals surface area (Å²) in [6.07, 6.45) is 1.81. The van der Waals surface area contributed by atoms with Crippen molar-refractivity contribution >= 4 is 0 Å². The molecule has 17 heavy (non-hydrogen) atoms. The Kier molecular flexibility index (Phi) is 5.86. The van der Waals surface area contributed by atoms with E-state index in [0.717, 1.165) is 26.0 Å². The molecular weight excluding hydrogens is 218 g/mol. The molecule has 0 spiro atoms. The van der Waals surface area contributed by atoms with Gasteiger partial charge in [-0.25, -0.2) is 0 Å². The SMILES string of the molecule is CCOC1CC(NCCC(O)COC)C1(C)C. The van der Waals surface area contributed by atoms with E-state index < -0.39 is 0 Å². The zero-order chi connectivity index (χ0) is 12.9. The summed E-state index contributed by atoms with van der Waals surface area (Å²) in [6, 6.07) is 0.494. The van der Waals surface area contributed by atoms with Crippen molar-refractivity contribution in [2.24, 2.45) is 5.41 Å². The number of rotatable bonds is 8. The second-order valence-corrected chi connectivity index (χ2v) is 5.41. The van der Waals surface area contributed by atoms with Crippen LogP contribution in [0.25, 0.3) is 0 Å². The smallest absolute Gasteiger partial charge is 0.0785 e. The predicted octanol–water partition coefficient (Wildman–Crippen LogP) is 1.18. The minimum Gasteiger partial charge on any atom is -0.391 e. The topological polar surface area (TPSA) is 50.7 Å². The molecule has 3 atom stereocenters. The summed E-state index contributed by atoms with van der Waals surface area (Å²) >= 11 is 0. The number of nitrogens with one attached hydrogen (secondary N) is 1. The van der Waals surface area contributed by atoms with Gasteiger partial charge in [0, 0.05) is 25.2 Å². The first kappa shape index (κ1) is 14.9. The fourth-order valence-corrected chi connectivity index (χ4v) is 2.42. The van der Waals surface area contributed by atoms with Gasteiger partial charge >= 0.3 is 0 Å². The van der Waals surface area contributed by atoms with E-state index in [1.807, 2.05) is 6.92 Å². The van der Waals surface area contributed by atoms with Crippen LogP contribution in [0.1, 0.15) is 33.6 Å². The molecule has 4 nitrogen and oxygen atoms in total. The monoisotopic (exact) mass is 245 g/mol. The van der Waals surface area contributed by atoms with Crippen LogP contribution in [-0.4, -0.2) is 50.2 Å². The minimum absolute atomic E-state index is 0.197. The highest BCUT2D eigenvalue weighted by atomic mass is 16.5. The Morgan fingerprint density at radius 3 is 2.71 bits per heavy atom. The molecular formula is C13H27NO3. The maximum Gasteiger partial charge on any atom is 0.0785 e. The third-order valence-electron chi connectivity index (χ3n) is 3.77. The van der Waals surface area contributed by atoms with Crippen molar-refractivity contribution in [3.8, 4) is 0 Å². The summed E-state index contributed by atoms with van der Waals surface area (Å²) in [4.78, 5) is 0. The molecule has 0 heterocycles. The lowest BCUT2D eigenvalue weighted by Crippen LogP contribution is -2.61. The molecule has 0 bridgehead atoms. The average Bonchev–Trinajstić information content (AvgIpc) is 2.27. The molecule has 1 aliphatic rings. The van der Waals surface area contributed by atoms with E-state index in [0.29, 0.717) is 18.8 Å². The first-order valence-electron chi connectivity index (χ1n) is 6.54. The van der Waals surface area contributed by atoms with E-state index in [4.69, 9.17) is 9.47 Å². The highest BCUT2D eigenvalue weighted by molar-refractivity contribution is 5.02. The average molecular weight is 245 g/mol. The van der Waals surface area contributed by atoms with Gasteiger partial charge in [0.1, 0.15) is 0 Å². The third-order valence-corrected chi connectivity index (χ3v) is 3.77. The Morgan fingerprint density at radius 2 is 2.18 bits per heavy atom. The Labute approximate surface area is 105 Å². The lowest BCUT2D eigenvalue weighted by atomic mass is 9.64. The Balaban J connectivity index is 2.17. The number of hydrogen-bond donors (Lipinski definition) is 2. The molecule has 0 amide bonds. The summed E-state index contributed by atoms with van der Waals surface area (Å²) in [5.41, 5.74) is 0.197. The fraction of sp³-hybridized carbons (Fsp3) is 1.00. The molecule has 1 rings (SSSR count). The number of ether oxygens (including phenoxy) is 2. The van der Waals surface area contributed by atoms with Gasteiger partial charge in [0.05, 0.1) is 18.8 Å². The standard InChI is InChI=1S/C13H27NO3/c1-5-17-12-8-11(13(12,2)3)14-7-6-10(15)9-16-4/h10-12,14-15H,5-9H2,1-4H3. The Hall–Kier alpha value is -0.160. The number of methoxy groups -OCH3 is 1. The molecule has 0 aromatic carbocycles. The fourth-order valence-electron chi connectivity index (χ4n) is 2.42. The van der Waals surface area contributed by atoms with Gasteiger partial charge in [-0.1, -0.05) is 13.8 Å². The van der Waals surface area contributed by atoms with E-state index in [-0.39, 0.29) is 11.5 Å². The van der Waals surface area contributed by atoms with Gasteiger partial charge in [-0.15, -0.1) is 0 Å². The molecule has 0 aromatic rings. The van der Waals surface area contributed by atoms with Gasteiger partial charge in [0.25, 0.3) is 0 Å². The van der Waals surface area contributed by atoms with Crippen LogP contribution in [0, 0.1) is 5.41 Å². The van der Waals surface area contributed by atoms with Crippen LogP contribution >= 0.6 is 0 Å². The Bertz CT molecular complexity index is 221. The van der Waals surface area contributed by atoms with Gasteiger partial charge in [-0.2, -0.15) is 0 Å². The van der Waals surface area contributed by atoms with E-state index in [2.05, 4.69) is 19.2 Å². The number of hydrogen-bond acceptors (Lipinski definition) is 4. The first-order chi connectivity index (χ1) is 8.02. The number of aliphatic hydroxyl groups excluding tert-OH is 1. The summed E-state index contributed by atoms with van der Waals surface area (Å²) in [5.74, 6) is 0. The molecule has 0 aromatic heterocycles. The largest absolute Gasteiger partial charge is 0.391 e. The van der Waals surface area contributed by atoms with Gasteiger partial charge in [0.2, 0.25) is 0 Å². The van der Waals surface area contributed by atoms with E-state index in [9.17, 15) is 5.11 Å². The summed E-state index contributed by atoms with van der Waals surface area (Å²) in [7, 11) is 1.61. The van der Waals surface area contributed by atoms with Crippen molar-refractivity contribution in [2.75, 3.05) is 26.9 Å². The van der Waals surface area contributed by atoms with E-state index in [1.54, 1.807) is 7.11 Å². The lowest BCUT2D eigenvalue weighted by molar-refractivity contribution is -0.114. The van der Waals surface area contributed by atoms with Crippen LogP contribution < -0.4 is 5.32 Å². The highest BCUT2D eigenvalue weighted by Gasteiger charge is 2.48. The molecule has 4 heteroatoms. The van der Waals surface area contributed by atoms with Crippen LogP contribution in [0.4, 0.5) is 0 Å². The van der Waals surface area contributed by atoms with Crippen LogP contribution in [0.2, 0.25) is 0 Å². The molecule has 1 aliphatic carbocycles. The van der Waals surface area contributed by atoms with E-state index in [1.165, 1.54) is 0 Å². The third kappa shape index (κ3) is 3.91. The molecule has 1 saturated carbocycles. The normalized spacial score (nSPS) is 28.8. The minimum atomic E-state index is -0.363. The molecule has 1 fully saturated rings. The van der Waals surface area contributed by atoms with Crippen LogP contribution in [0.15, 0.2) is 0 Å². The van der Waals surface area contributed by atoms with Gasteiger partial charge in [-0.3, -0.25) is 0 Å². The molecule has 2 N–H and O–H groups in total. The molecule has 0 aliphatic heterocycles. The van der Waals surface area contributed by atoms with Crippen molar-refractivity contribution in [2.45, 2.75) is 51.9 Å². The van der Waals surface area contributed by atoms with Crippen molar-refractivity contribution in [3.63, 3.8) is 0 Å². The maximum atomic E-state index is 9.53. The van der Waals surface area contributed by atoms with Crippen molar-refractivity contribution in [1.29, 1.82) is 0 Å². The van der Waals surface area contributed by atoms with Crippen LogP contribution in [0.5, 0.6) is 0 Å². The molecule has 3 unspecified atom stereocenters. The second-order valence-electron chi connectivity index (χ2n) is 5.41. The van der Waals surface area contributed by atoms with Crippen molar-refractivity contribution in [1.82, 2.24) is 5.32 Å². The predicted molar refractivity (Wildman–Crippen MR) is 68.1 cm³/mol. The van der Waals surface area contributed by atoms with E-state index >= 15 is 0 Å². The van der Waals surface area contributed by atoms with Gasteiger partial charge in [0.15, 0.2) is 0 Å². The highest BCUT2D eigenvalue weighted by Crippen LogP contribution is 2.42. The van der Waals surface area contributed by atoms with Crippen LogP contribution in [0.3, 0.4) is 0 Å². The number of aliphatic hydroxyl groups is 1. The Morgan fingerprint density at radius 1 is 1.47 bits per heavy atom. The quantitative estimate of drug-likeness (QED) is 0.674. The molecule has 0 radical (unpaired) electrons.